The average molecular weight is 305 g/mol. The summed E-state index contributed by atoms with van der Waals surface area (Å²) in [5, 5.41) is 1.67. The molecule has 1 heteroatoms. The van der Waals surface area contributed by atoms with Gasteiger partial charge in [-0.15, -0.1) is 0 Å². The SMILES string of the molecule is C[Si](C)(C)C1=CC(C(c2ccccc2)c2ccccc2)=CC1. The molecule has 0 saturated carbocycles. The first-order chi connectivity index (χ1) is 10.6. The Kier molecular flexibility index (Phi) is 4.17. The number of allylic oxidation sites excluding steroid dienone is 4. The van der Waals surface area contributed by atoms with Crippen LogP contribution in [0.4, 0.5) is 0 Å². The van der Waals surface area contributed by atoms with Gasteiger partial charge in [0.1, 0.15) is 0 Å². The molecule has 0 fully saturated rings. The normalized spacial score (nSPS) is 14.9. The number of hydrogen-bond donors (Lipinski definition) is 0. The van der Waals surface area contributed by atoms with Crippen LogP contribution in [0, 0.1) is 0 Å². The van der Waals surface area contributed by atoms with E-state index < -0.39 is 8.07 Å². The third kappa shape index (κ3) is 3.15. The molecule has 0 radical (unpaired) electrons. The second-order valence-electron chi connectivity index (χ2n) is 7.08. The Hall–Kier alpha value is -1.86. The van der Waals surface area contributed by atoms with Crippen molar-refractivity contribution in [2.75, 3.05) is 0 Å². The minimum Gasteiger partial charge on any atom is -0.0771 e. The van der Waals surface area contributed by atoms with Gasteiger partial charge < -0.3 is 0 Å². The molecule has 2 aromatic carbocycles. The molecule has 0 amide bonds. The van der Waals surface area contributed by atoms with E-state index in [1.54, 1.807) is 5.20 Å². The molecule has 3 rings (SSSR count). The van der Waals surface area contributed by atoms with Crippen LogP contribution in [0.15, 0.2) is 83.6 Å². The van der Waals surface area contributed by atoms with Crippen molar-refractivity contribution in [1.82, 2.24) is 0 Å². The molecule has 22 heavy (non-hydrogen) atoms. The molecule has 112 valence electrons. The number of hydrogen-bond acceptors (Lipinski definition) is 0. The predicted octanol–water partition coefficient (Wildman–Crippen LogP) is 5.95. The summed E-state index contributed by atoms with van der Waals surface area (Å²) in [5.74, 6) is 0.358. The maximum absolute atomic E-state index is 2.48. The summed E-state index contributed by atoms with van der Waals surface area (Å²) in [7, 11) is -1.20. The summed E-state index contributed by atoms with van der Waals surface area (Å²) >= 11 is 0. The molecule has 0 atom stereocenters. The first-order valence-electron chi connectivity index (χ1n) is 8.07. The van der Waals surface area contributed by atoms with E-state index in [1.807, 2.05) is 0 Å². The summed E-state index contributed by atoms with van der Waals surface area (Å²) in [6, 6.07) is 21.8. The molecule has 0 N–H and O–H groups in total. The van der Waals surface area contributed by atoms with Gasteiger partial charge in [0, 0.05) is 5.92 Å². The van der Waals surface area contributed by atoms with Crippen LogP contribution in [0.3, 0.4) is 0 Å². The Morgan fingerprint density at radius 1 is 0.773 bits per heavy atom. The molecule has 2 aromatic rings. The second kappa shape index (κ2) is 6.10. The Morgan fingerprint density at radius 3 is 1.68 bits per heavy atom. The van der Waals surface area contributed by atoms with E-state index in [2.05, 4.69) is 92.5 Å². The van der Waals surface area contributed by atoms with Crippen molar-refractivity contribution in [3.8, 4) is 0 Å². The van der Waals surface area contributed by atoms with Crippen LogP contribution in [0.5, 0.6) is 0 Å². The highest BCUT2D eigenvalue weighted by atomic mass is 28.3. The zero-order valence-electron chi connectivity index (χ0n) is 13.7. The molecule has 1 aliphatic rings. The average Bonchev–Trinajstić information content (AvgIpc) is 2.99. The van der Waals surface area contributed by atoms with Crippen LogP contribution in [0.25, 0.3) is 0 Å². The molecule has 0 aliphatic heterocycles. The quantitative estimate of drug-likeness (QED) is 0.612. The zero-order chi connectivity index (χ0) is 15.6. The standard InChI is InChI=1S/C21H24Si/c1-22(2,3)20-15-14-19(16-20)21(17-10-6-4-7-11-17)18-12-8-5-9-13-18/h4-14,16,21H,15H2,1-3H3. The first kappa shape index (κ1) is 15.0. The van der Waals surface area contributed by atoms with E-state index >= 15 is 0 Å². The second-order valence-corrected chi connectivity index (χ2v) is 12.2. The van der Waals surface area contributed by atoms with Gasteiger partial charge in [-0.25, -0.2) is 0 Å². The Labute approximate surface area is 135 Å². The van der Waals surface area contributed by atoms with Gasteiger partial charge >= 0.3 is 0 Å². The lowest BCUT2D eigenvalue weighted by molar-refractivity contribution is 0.978. The fraction of sp³-hybridized carbons (Fsp3) is 0.238. The molecule has 0 saturated heterocycles. The lowest BCUT2D eigenvalue weighted by Gasteiger charge is -2.20. The third-order valence-electron chi connectivity index (χ3n) is 4.46. The third-order valence-corrected chi connectivity index (χ3v) is 6.74. The van der Waals surface area contributed by atoms with Gasteiger partial charge in [0.05, 0.1) is 8.07 Å². The van der Waals surface area contributed by atoms with E-state index in [9.17, 15) is 0 Å². The van der Waals surface area contributed by atoms with E-state index in [0.29, 0.717) is 5.92 Å². The summed E-state index contributed by atoms with van der Waals surface area (Å²) in [6.45, 7) is 7.32. The van der Waals surface area contributed by atoms with Crippen molar-refractivity contribution < 1.29 is 0 Å². The highest BCUT2D eigenvalue weighted by Gasteiger charge is 2.26. The van der Waals surface area contributed by atoms with Gasteiger partial charge in [0.15, 0.2) is 0 Å². The van der Waals surface area contributed by atoms with Crippen molar-refractivity contribution >= 4 is 8.07 Å². The number of rotatable bonds is 4. The maximum Gasteiger partial charge on any atom is 0.0728 e. The fourth-order valence-electron chi connectivity index (χ4n) is 3.14. The molecule has 1 aliphatic carbocycles. The molecular weight excluding hydrogens is 280 g/mol. The van der Waals surface area contributed by atoms with Gasteiger partial charge in [-0.3, -0.25) is 0 Å². The molecule has 0 bridgehead atoms. The van der Waals surface area contributed by atoms with E-state index in [1.165, 1.54) is 16.7 Å². The van der Waals surface area contributed by atoms with E-state index in [0.717, 1.165) is 6.42 Å². The van der Waals surface area contributed by atoms with Gasteiger partial charge in [-0.1, -0.05) is 97.7 Å². The highest BCUT2D eigenvalue weighted by molar-refractivity contribution is 6.83. The van der Waals surface area contributed by atoms with Gasteiger partial charge in [0.25, 0.3) is 0 Å². The summed E-state index contributed by atoms with van der Waals surface area (Å²) in [5.41, 5.74) is 4.23. The minimum atomic E-state index is -1.20. The molecule has 0 unspecified atom stereocenters. The lowest BCUT2D eigenvalue weighted by atomic mass is 9.85. The van der Waals surface area contributed by atoms with Crippen LogP contribution in [-0.2, 0) is 0 Å². The fourth-order valence-corrected chi connectivity index (χ4v) is 4.45. The van der Waals surface area contributed by atoms with Crippen LogP contribution in [0.2, 0.25) is 19.6 Å². The molecule has 0 aromatic heterocycles. The summed E-state index contributed by atoms with van der Waals surface area (Å²) in [6.07, 6.45) is 6.07. The summed E-state index contributed by atoms with van der Waals surface area (Å²) < 4.78 is 0. The molecule has 0 nitrogen and oxygen atoms in total. The van der Waals surface area contributed by atoms with Crippen LogP contribution in [0.1, 0.15) is 23.5 Å². The molecule has 0 spiro atoms. The Morgan fingerprint density at radius 2 is 1.27 bits per heavy atom. The lowest BCUT2D eigenvalue weighted by Crippen LogP contribution is -2.22. The van der Waals surface area contributed by atoms with Crippen molar-refractivity contribution in [1.29, 1.82) is 0 Å². The van der Waals surface area contributed by atoms with Gasteiger partial charge in [-0.2, -0.15) is 0 Å². The maximum atomic E-state index is 2.48. The molecule has 0 heterocycles. The van der Waals surface area contributed by atoms with Gasteiger partial charge in [-0.05, 0) is 23.1 Å². The van der Waals surface area contributed by atoms with Crippen LogP contribution < -0.4 is 0 Å². The number of benzene rings is 2. The highest BCUT2D eigenvalue weighted by Crippen LogP contribution is 2.38. The Balaban J connectivity index is 2.03. The van der Waals surface area contributed by atoms with Crippen molar-refractivity contribution in [2.24, 2.45) is 0 Å². The van der Waals surface area contributed by atoms with Crippen molar-refractivity contribution in [3.05, 3.63) is 94.7 Å². The Bertz CT molecular complexity index is 648. The van der Waals surface area contributed by atoms with E-state index in [-0.39, 0.29) is 0 Å². The smallest absolute Gasteiger partial charge is 0.0728 e. The van der Waals surface area contributed by atoms with Crippen molar-refractivity contribution in [2.45, 2.75) is 32.0 Å². The molecular formula is C21H24Si. The monoisotopic (exact) mass is 304 g/mol. The van der Waals surface area contributed by atoms with Crippen LogP contribution >= 0.6 is 0 Å². The van der Waals surface area contributed by atoms with Gasteiger partial charge in [0.2, 0.25) is 0 Å². The van der Waals surface area contributed by atoms with Crippen LogP contribution in [-0.4, -0.2) is 8.07 Å². The zero-order valence-corrected chi connectivity index (χ0v) is 14.7. The minimum absolute atomic E-state index is 0.358. The van der Waals surface area contributed by atoms with Crippen molar-refractivity contribution in [3.63, 3.8) is 0 Å². The predicted molar refractivity (Wildman–Crippen MR) is 98.9 cm³/mol. The topological polar surface area (TPSA) is 0 Å². The summed E-state index contributed by atoms with van der Waals surface area (Å²) in [4.78, 5) is 0. The van der Waals surface area contributed by atoms with E-state index in [4.69, 9.17) is 0 Å². The first-order valence-corrected chi connectivity index (χ1v) is 11.6. The largest absolute Gasteiger partial charge is 0.0771 e.